The van der Waals surface area contributed by atoms with Crippen LogP contribution in [-0.2, 0) is 16.4 Å². The molecule has 0 saturated heterocycles. The summed E-state index contributed by atoms with van der Waals surface area (Å²) in [4.78, 5) is 42.8. The van der Waals surface area contributed by atoms with Gasteiger partial charge in [-0.15, -0.1) is 4.83 Å². The summed E-state index contributed by atoms with van der Waals surface area (Å²) in [5.41, 5.74) is 5.49. The second kappa shape index (κ2) is 16.6. The van der Waals surface area contributed by atoms with Gasteiger partial charge in [-0.05, 0) is 61.1 Å². The molecule has 11 nitrogen and oxygen atoms in total. The number of hydrogen-bond donors (Lipinski definition) is 4. The number of amides is 3. The van der Waals surface area contributed by atoms with Gasteiger partial charge in [0.2, 0.25) is 15.9 Å². The fourth-order valence-electron chi connectivity index (χ4n) is 4.74. The summed E-state index contributed by atoms with van der Waals surface area (Å²) in [5.74, 6) is -4.12. The summed E-state index contributed by atoms with van der Waals surface area (Å²) >= 11 is 0. The van der Waals surface area contributed by atoms with Gasteiger partial charge in [0, 0.05) is 49.4 Å². The number of primary amides is 1. The average Bonchev–Trinajstić information content (AvgIpc) is 2.90. The minimum absolute atomic E-state index is 0.0666. The fraction of sp³-hybridized carbons (Fsp3) is 0.500. The first kappa shape index (κ1) is 36.7. The number of aliphatic hydroxyl groups excluding tert-OH is 1. The molecule has 5 N–H and O–H groups in total. The van der Waals surface area contributed by atoms with E-state index in [1.54, 1.807) is 18.7 Å². The van der Waals surface area contributed by atoms with E-state index in [9.17, 15) is 36.7 Å². The highest BCUT2D eigenvalue weighted by Crippen LogP contribution is 2.17. The molecule has 2 aromatic carbocycles. The monoisotopic (exact) mass is 639 g/mol. The third kappa shape index (κ3) is 11.6. The van der Waals surface area contributed by atoms with Crippen LogP contribution in [0.3, 0.4) is 0 Å². The van der Waals surface area contributed by atoms with E-state index in [2.05, 4.69) is 10.1 Å². The van der Waals surface area contributed by atoms with Gasteiger partial charge in [0.1, 0.15) is 11.6 Å². The average molecular weight is 640 g/mol. The van der Waals surface area contributed by atoms with E-state index in [0.717, 1.165) is 17.1 Å². The summed E-state index contributed by atoms with van der Waals surface area (Å²) in [6, 6.07) is 5.40. The molecule has 0 aliphatic heterocycles. The third-order valence-electron chi connectivity index (χ3n) is 6.47. The van der Waals surface area contributed by atoms with Gasteiger partial charge in [0.05, 0.1) is 17.9 Å². The van der Waals surface area contributed by atoms with E-state index in [0.29, 0.717) is 32.0 Å². The maximum atomic E-state index is 14.0. The molecule has 2 aromatic rings. The Labute approximate surface area is 257 Å². The van der Waals surface area contributed by atoms with Gasteiger partial charge >= 0.3 is 0 Å². The number of hydrogen-bond acceptors (Lipinski definition) is 7. The van der Waals surface area contributed by atoms with Gasteiger partial charge in [-0.2, -0.15) is 0 Å². The Morgan fingerprint density at radius 1 is 0.932 bits per heavy atom. The quantitative estimate of drug-likeness (QED) is 0.193. The van der Waals surface area contributed by atoms with Gasteiger partial charge in [-0.1, -0.05) is 27.7 Å². The lowest BCUT2D eigenvalue weighted by atomic mass is 9.99. The van der Waals surface area contributed by atoms with Crippen LogP contribution in [0.1, 0.15) is 77.2 Å². The Kier molecular flexibility index (Phi) is 13.8. The minimum atomic E-state index is -3.73. The molecule has 0 heterocycles. The van der Waals surface area contributed by atoms with Gasteiger partial charge < -0.3 is 21.1 Å². The molecule has 2 rings (SSSR count). The van der Waals surface area contributed by atoms with Crippen molar-refractivity contribution >= 4 is 27.7 Å². The van der Waals surface area contributed by atoms with Crippen molar-refractivity contribution in [2.24, 2.45) is 11.7 Å². The predicted octanol–water partition coefficient (Wildman–Crippen LogP) is 2.45. The maximum Gasteiger partial charge on any atom is 0.253 e. The number of rotatable bonds is 17. The minimum Gasteiger partial charge on any atom is -0.390 e. The van der Waals surface area contributed by atoms with Gasteiger partial charge in [0.25, 0.3) is 11.8 Å². The number of nitrogens with two attached hydrogens (primary N) is 1. The van der Waals surface area contributed by atoms with E-state index >= 15 is 0 Å². The Bertz CT molecular complexity index is 1400. The number of nitrogens with zero attached hydrogens (tertiary/aromatic N) is 2. The maximum absolute atomic E-state index is 14.0. The second-order valence-corrected chi connectivity index (χ2v) is 13.0. The van der Waals surface area contributed by atoms with Crippen LogP contribution < -0.4 is 15.9 Å². The van der Waals surface area contributed by atoms with Crippen LogP contribution >= 0.6 is 0 Å². The van der Waals surface area contributed by atoms with Crippen molar-refractivity contribution in [1.29, 1.82) is 0 Å². The number of carbonyl (C=O) groups excluding carboxylic acids is 3. The first-order valence-electron chi connectivity index (χ1n) is 14.4. The van der Waals surface area contributed by atoms with Crippen LogP contribution in [0.25, 0.3) is 0 Å². The van der Waals surface area contributed by atoms with Crippen molar-refractivity contribution in [2.45, 2.75) is 59.1 Å². The van der Waals surface area contributed by atoms with Crippen LogP contribution in [0.5, 0.6) is 0 Å². The summed E-state index contributed by atoms with van der Waals surface area (Å²) in [6.07, 6.45) is -0.300. The lowest BCUT2D eigenvalue weighted by molar-refractivity contribution is 0.0687. The lowest BCUT2D eigenvalue weighted by Crippen LogP contribution is -2.52. The Morgan fingerprint density at radius 2 is 1.48 bits per heavy atom. The zero-order chi connectivity index (χ0) is 33.2. The zero-order valence-electron chi connectivity index (χ0n) is 25.8. The first-order chi connectivity index (χ1) is 20.5. The second-order valence-electron chi connectivity index (χ2n) is 11.2. The summed E-state index contributed by atoms with van der Waals surface area (Å²) in [7, 11) is -2.35. The van der Waals surface area contributed by atoms with Crippen LogP contribution in [0.4, 0.5) is 8.78 Å². The van der Waals surface area contributed by atoms with Gasteiger partial charge in [-0.3, -0.25) is 14.4 Å². The van der Waals surface area contributed by atoms with Crippen LogP contribution in [0.15, 0.2) is 36.4 Å². The molecule has 0 bridgehead atoms. The highest BCUT2D eigenvalue weighted by Gasteiger charge is 2.27. The molecule has 44 heavy (non-hydrogen) atoms. The molecular formula is C30H43F2N5O6S. The predicted molar refractivity (Wildman–Crippen MR) is 163 cm³/mol. The van der Waals surface area contributed by atoms with Crippen molar-refractivity contribution < 1.29 is 36.7 Å². The Balaban J connectivity index is 2.43. The molecule has 2 atom stereocenters. The van der Waals surface area contributed by atoms with Crippen molar-refractivity contribution in [3.63, 3.8) is 0 Å². The number of sulfonamides is 1. The summed E-state index contributed by atoms with van der Waals surface area (Å²) in [5, 5.41) is 14.9. The topological polar surface area (TPSA) is 162 Å². The number of carbonyl (C=O) groups is 3. The largest absolute Gasteiger partial charge is 0.390 e. The molecule has 2 unspecified atom stereocenters. The van der Waals surface area contributed by atoms with E-state index in [4.69, 9.17) is 5.73 Å². The highest BCUT2D eigenvalue weighted by molar-refractivity contribution is 7.89. The van der Waals surface area contributed by atoms with Crippen LogP contribution in [0.2, 0.25) is 0 Å². The van der Waals surface area contributed by atoms with E-state index in [-0.39, 0.29) is 46.9 Å². The molecule has 0 aromatic heterocycles. The number of hydrazine groups is 1. The highest BCUT2D eigenvalue weighted by atomic mass is 32.2. The molecule has 244 valence electrons. The van der Waals surface area contributed by atoms with Crippen molar-refractivity contribution in [3.8, 4) is 0 Å². The first-order valence-corrected chi connectivity index (χ1v) is 16.1. The molecule has 14 heteroatoms. The van der Waals surface area contributed by atoms with Gasteiger partial charge in [0.15, 0.2) is 0 Å². The van der Waals surface area contributed by atoms with Crippen molar-refractivity contribution in [3.05, 3.63) is 70.3 Å². The molecular weight excluding hydrogens is 596 g/mol. The Hall–Kier alpha value is -3.46. The molecule has 0 saturated carbocycles. The number of aliphatic hydroxyl groups is 1. The third-order valence-corrected chi connectivity index (χ3v) is 8.16. The lowest BCUT2D eigenvalue weighted by Gasteiger charge is -2.28. The van der Waals surface area contributed by atoms with Crippen molar-refractivity contribution in [1.82, 2.24) is 20.1 Å². The number of likely N-dealkylation sites (N-methyl/N-ethyl adjacent to an activating group) is 1. The smallest absolute Gasteiger partial charge is 0.253 e. The standard InChI is InChI=1S/C30H43F2N5O6S/c1-6-8-37(9-7-2)30(41)23-14-21(28(33)39)13-22(15-23)29(40)34-26(12-20-10-24(31)16-25(32)11-20)27(38)17-36(5)35-44(42,43)18-19(3)4/h10-11,13-16,19,26-27,35,38H,6-9,12,17-18H2,1-5H3,(H2,33,39)(H,34,40). The number of nitrogens with one attached hydrogen (secondary N) is 2. The molecule has 0 radical (unpaired) electrons. The zero-order valence-corrected chi connectivity index (χ0v) is 26.6. The molecule has 0 aliphatic rings. The molecule has 0 fully saturated rings. The SMILES string of the molecule is CCCN(CCC)C(=O)c1cc(C(N)=O)cc(C(=O)NC(Cc2cc(F)cc(F)c2)C(O)CN(C)NS(=O)(=O)CC(C)C)c1. The van der Waals surface area contributed by atoms with E-state index < -0.39 is 51.5 Å². The fourth-order valence-corrected chi connectivity index (χ4v) is 6.24. The van der Waals surface area contributed by atoms with Crippen molar-refractivity contribution in [2.75, 3.05) is 32.4 Å². The van der Waals surface area contributed by atoms with E-state index in [1.165, 1.54) is 25.2 Å². The van der Waals surface area contributed by atoms with Crippen LogP contribution in [-0.4, -0.2) is 85.7 Å². The summed E-state index contributed by atoms with van der Waals surface area (Å²) in [6.45, 7) is 7.90. The van der Waals surface area contributed by atoms with E-state index in [1.807, 2.05) is 13.8 Å². The normalized spacial score (nSPS) is 13.1. The molecule has 3 amide bonds. The summed E-state index contributed by atoms with van der Waals surface area (Å²) < 4.78 is 52.7. The number of benzene rings is 2. The van der Waals surface area contributed by atoms with Gasteiger partial charge in [-0.25, -0.2) is 22.2 Å². The Morgan fingerprint density at radius 3 is 2.00 bits per heavy atom. The number of halogens is 2. The molecule has 0 aliphatic carbocycles. The molecule has 0 spiro atoms. The van der Waals surface area contributed by atoms with Crippen LogP contribution in [0, 0.1) is 17.6 Å².